The number of anilines is 1. The van der Waals surface area contributed by atoms with E-state index in [1.165, 1.54) is 44.1 Å². The van der Waals surface area contributed by atoms with Crippen LogP contribution in [0.1, 0.15) is 75.3 Å². The molecule has 3 aromatic rings. The molecule has 2 aromatic heterocycles. The predicted molar refractivity (Wildman–Crippen MR) is 179 cm³/mol. The first-order chi connectivity index (χ1) is 22.3. The lowest BCUT2D eigenvalue weighted by atomic mass is 9.49. The van der Waals surface area contributed by atoms with Gasteiger partial charge in [-0.25, -0.2) is 0 Å². The maximum atomic E-state index is 13.0. The predicted octanol–water partition coefficient (Wildman–Crippen LogP) is 5.99. The highest BCUT2D eigenvalue weighted by atomic mass is 16.5. The van der Waals surface area contributed by atoms with Crippen LogP contribution in [0.25, 0.3) is 11.1 Å². The largest absolute Gasteiger partial charge is 0.492 e. The molecule has 0 unspecified atom stereocenters. The zero-order valence-electron chi connectivity index (χ0n) is 27.6. The Morgan fingerprint density at radius 1 is 0.913 bits per heavy atom. The number of carbonyl (C=O) groups excluding carboxylic acids is 1. The average molecular weight is 625 g/mol. The molecule has 9 heteroatoms. The lowest BCUT2D eigenvalue weighted by Crippen LogP contribution is -2.51. The van der Waals surface area contributed by atoms with Crippen molar-refractivity contribution in [3.63, 3.8) is 0 Å². The Kier molecular flexibility index (Phi) is 8.86. The van der Waals surface area contributed by atoms with Gasteiger partial charge in [-0.2, -0.15) is 0 Å². The molecule has 4 aliphatic carbocycles. The zero-order chi connectivity index (χ0) is 31.7. The molecule has 3 heterocycles. The molecule has 4 bridgehead atoms. The van der Waals surface area contributed by atoms with Gasteiger partial charge in [0, 0.05) is 51.0 Å². The van der Waals surface area contributed by atoms with E-state index in [4.69, 9.17) is 9.47 Å². The summed E-state index contributed by atoms with van der Waals surface area (Å²) in [5, 5.41) is 12.1. The maximum absolute atomic E-state index is 13.0. The Hall–Kier alpha value is -3.72. The van der Waals surface area contributed by atoms with E-state index >= 15 is 0 Å². The Morgan fingerprint density at radius 2 is 1.63 bits per heavy atom. The highest BCUT2D eigenvalue weighted by Gasteiger charge is 2.50. The number of nitrogens with zero attached hydrogens (tertiary/aromatic N) is 5. The molecular formula is C37H48N6O3. The van der Waals surface area contributed by atoms with Crippen molar-refractivity contribution in [3.05, 3.63) is 60.0 Å². The van der Waals surface area contributed by atoms with Gasteiger partial charge >= 0.3 is 0 Å². The normalized spacial score (nSPS) is 25.6. The highest BCUT2D eigenvalue weighted by Crippen LogP contribution is 2.59. The number of ether oxygens (including phenoxy) is 2. The standard InChI is InChI=1S/C37H48N6O3/c1-4-45-33-17-31(21-38-22-33)30-14-29(15-32(16-30)46-25(2)3)23-42-7-9-43(10-8-42)35-6-5-34(40-41-35)36(44)39-24-37-18-26-11-27(19-37)13-28(12-26)20-37/h5-6,14-17,21-22,25-28H,4,7-13,18-20,23-24H2,1-3H3,(H,39,44). The fraction of sp³-hybridized carbons (Fsp3) is 0.568. The second kappa shape index (κ2) is 13.2. The molecule has 9 nitrogen and oxygen atoms in total. The van der Waals surface area contributed by atoms with Crippen LogP contribution >= 0.6 is 0 Å². The first kappa shape index (κ1) is 30.9. The third-order valence-corrected chi connectivity index (χ3v) is 10.5. The molecule has 1 amide bonds. The van der Waals surface area contributed by atoms with Crippen LogP contribution in [0.5, 0.6) is 11.5 Å². The summed E-state index contributed by atoms with van der Waals surface area (Å²) in [6, 6.07) is 12.3. The topological polar surface area (TPSA) is 92.7 Å². The van der Waals surface area contributed by atoms with Gasteiger partial charge < -0.3 is 19.7 Å². The third kappa shape index (κ3) is 6.99. The van der Waals surface area contributed by atoms with Crippen LogP contribution in [-0.4, -0.2) is 71.4 Å². The molecular weight excluding hydrogens is 576 g/mol. The minimum Gasteiger partial charge on any atom is -0.492 e. The average Bonchev–Trinajstić information content (AvgIpc) is 3.03. The van der Waals surface area contributed by atoms with Crippen LogP contribution in [0.2, 0.25) is 0 Å². The SMILES string of the molecule is CCOc1cncc(-c2cc(CN3CCN(c4ccc(C(=O)NCC56CC7CC(CC(C7)C5)C6)nn4)CC3)cc(OC(C)C)c2)c1. The van der Waals surface area contributed by atoms with Crippen molar-refractivity contribution in [2.45, 2.75) is 71.9 Å². The monoisotopic (exact) mass is 624 g/mol. The Bertz CT molecular complexity index is 1480. The maximum Gasteiger partial charge on any atom is 0.271 e. The lowest BCUT2D eigenvalue weighted by Gasteiger charge is -2.56. The van der Waals surface area contributed by atoms with Gasteiger partial charge in [0.05, 0.1) is 18.9 Å². The van der Waals surface area contributed by atoms with Gasteiger partial charge in [-0.05, 0) is 130 Å². The smallest absolute Gasteiger partial charge is 0.271 e. The molecule has 8 rings (SSSR count). The number of carbonyl (C=O) groups is 1. The van der Waals surface area contributed by atoms with Crippen molar-refractivity contribution in [2.24, 2.45) is 23.2 Å². The quantitative estimate of drug-likeness (QED) is 0.278. The zero-order valence-corrected chi connectivity index (χ0v) is 27.6. The van der Waals surface area contributed by atoms with Crippen molar-refractivity contribution in [3.8, 4) is 22.6 Å². The number of nitrogens with one attached hydrogen (secondary N) is 1. The number of benzene rings is 1. The first-order valence-electron chi connectivity index (χ1n) is 17.3. The van der Waals surface area contributed by atoms with Crippen LogP contribution in [0.15, 0.2) is 48.8 Å². The number of amides is 1. The van der Waals surface area contributed by atoms with Crippen molar-refractivity contribution in [2.75, 3.05) is 44.2 Å². The molecule has 244 valence electrons. The molecule has 1 aliphatic heterocycles. The van der Waals surface area contributed by atoms with E-state index in [0.29, 0.717) is 17.7 Å². The van der Waals surface area contributed by atoms with Crippen LogP contribution in [0.3, 0.4) is 0 Å². The van der Waals surface area contributed by atoms with Gasteiger partial charge in [0.2, 0.25) is 0 Å². The minimum atomic E-state index is -0.0944. The fourth-order valence-corrected chi connectivity index (χ4v) is 8.95. The summed E-state index contributed by atoms with van der Waals surface area (Å²) >= 11 is 0. The molecule has 1 saturated heterocycles. The highest BCUT2D eigenvalue weighted by molar-refractivity contribution is 5.92. The Morgan fingerprint density at radius 3 is 2.28 bits per heavy atom. The van der Waals surface area contributed by atoms with E-state index < -0.39 is 0 Å². The molecule has 5 fully saturated rings. The van der Waals surface area contributed by atoms with Gasteiger partial charge in [-0.15, -0.1) is 10.2 Å². The van der Waals surface area contributed by atoms with Crippen LogP contribution in [0.4, 0.5) is 5.82 Å². The molecule has 1 aromatic carbocycles. The van der Waals surface area contributed by atoms with Gasteiger partial charge in [-0.3, -0.25) is 14.7 Å². The number of hydrogen-bond donors (Lipinski definition) is 1. The summed E-state index contributed by atoms with van der Waals surface area (Å²) in [4.78, 5) is 22.1. The summed E-state index contributed by atoms with van der Waals surface area (Å²) < 4.78 is 11.8. The molecule has 1 N–H and O–H groups in total. The summed E-state index contributed by atoms with van der Waals surface area (Å²) in [6.45, 7) is 11.8. The van der Waals surface area contributed by atoms with Gasteiger partial charge in [0.1, 0.15) is 11.5 Å². The van der Waals surface area contributed by atoms with E-state index in [2.05, 4.69) is 48.5 Å². The number of rotatable bonds is 11. The van der Waals surface area contributed by atoms with E-state index in [0.717, 1.165) is 85.5 Å². The minimum absolute atomic E-state index is 0.0832. The molecule has 0 spiro atoms. The van der Waals surface area contributed by atoms with E-state index in [-0.39, 0.29) is 12.0 Å². The summed E-state index contributed by atoms with van der Waals surface area (Å²) in [5.41, 5.74) is 4.00. The molecule has 4 saturated carbocycles. The Labute approximate surface area is 273 Å². The second-order valence-corrected chi connectivity index (χ2v) is 14.5. The van der Waals surface area contributed by atoms with Gasteiger partial charge in [0.15, 0.2) is 11.5 Å². The number of aromatic nitrogens is 3. The molecule has 5 aliphatic rings. The molecule has 0 radical (unpaired) electrons. The van der Waals surface area contributed by atoms with Crippen LogP contribution in [0, 0.1) is 23.2 Å². The number of pyridine rings is 1. The van der Waals surface area contributed by atoms with E-state index in [1.54, 1.807) is 6.20 Å². The van der Waals surface area contributed by atoms with E-state index in [9.17, 15) is 4.79 Å². The molecule has 46 heavy (non-hydrogen) atoms. The lowest BCUT2D eigenvalue weighted by molar-refractivity contribution is -0.0503. The van der Waals surface area contributed by atoms with Crippen molar-refractivity contribution in [1.82, 2.24) is 25.4 Å². The molecule has 0 atom stereocenters. The van der Waals surface area contributed by atoms with Crippen molar-refractivity contribution in [1.29, 1.82) is 0 Å². The van der Waals surface area contributed by atoms with Crippen molar-refractivity contribution >= 4 is 11.7 Å². The first-order valence-corrected chi connectivity index (χ1v) is 17.3. The van der Waals surface area contributed by atoms with Gasteiger partial charge in [-0.1, -0.05) is 0 Å². The summed E-state index contributed by atoms with van der Waals surface area (Å²) in [7, 11) is 0. The summed E-state index contributed by atoms with van der Waals surface area (Å²) in [6.07, 6.45) is 11.8. The summed E-state index contributed by atoms with van der Waals surface area (Å²) in [5.74, 6) is 5.00. The Balaban J connectivity index is 0.943. The fourth-order valence-electron chi connectivity index (χ4n) is 8.95. The third-order valence-electron chi connectivity index (χ3n) is 10.5. The van der Waals surface area contributed by atoms with Crippen LogP contribution in [-0.2, 0) is 6.54 Å². The number of piperazine rings is 1. The van der Waals surface area contributed by atoms with Crippen LogP contribution < -0.4 is 19.7 Å². The van der Waals surface area contributed by atoms with Crippen molar-refractivity contribution < 1.29 is 14.3 Å². The second-order valence-electron chi connectivity index (χ2n) is 14.5. The van der Waals surface area contributed by atoms with Gasteiger partial charge in [0.25, 0.3) is 5.91 Å². The van der Waals surface area contributed by atoms with E-state index in [1.807, 2.05) is 45.2 Å². The number of hydrogen-bond acceptors (Lipinski definition) is 8.